The van der Waals surface area contributed by atoms with Crippen molar-refractivity contribution in [2.45, 2.75) is 5.33 Å². The second-order valence-corrected chi connectivity index (χ2v) is 5.83. The number of rotatable bonds is 3. The van der Waals surface area contributed by atoms with Crippen molar-refractivity contribution in [3.8, 4) is 11.5 Å². The monoisotopic (exact) mass is 408 g/mol. The fraction of sp³-hybridized carbons (Fsp3) is 0.0769. The minimum Gasteiger partial charge on any atom is -0.455 e. The van der Waals surface area contributed by atoms with E-state index in [-0.39, 0.29) is 0 Å². The average molecular weight is 411 g/mol. The Morgan fingerprint density at radius 2 is 1.72 bits per heavy atom. The van der Waals surface area contributed by atoms with Crippen LogP contribution in [0.1, 0.15) is 5.56 Å². The summed E-state index contributed by atoms with van der Waals surface area (Å²) >= 11 is 18.8. The molecule has 0 amide bonds. The molecule has 2 aromatic carbocycles. The summed E-state index contributed by atoms with van der Waals surface area (Å²) in [7, 11) is 0. The van der Waals surface area contributed by atoms with Gasteiger partial charge in [0, 0.05) is 10.4 Å². The van der Waals surface area contributed by atoms with Crippen LogP contribution < -0.4 is 4.74 Å². The normalized spacial score (nSPS) is 10.4. The molecule has 0 aliphatic carbocycles. The third-order valence-corrected chi connectivity index (χ3v) is 4.06. The van der Waals surface area contributed by atoms with Gasteiger partial charge < -0.3 is 4.74 Å². The highest BCUT2D eigenvalue weighted by Gasteiger charge is 2.07. The first-order valence-electron chi connectivity index (χ1n) is 5.07. The summed E-state index contributed by atoms with van der Waals surface area (Å²) in [5.74, 6) is 1.29. The van der Waals surface area contributed by atoms with Crippen LogP contribution in [0.15, 0.2) is 40.9 Å². The smallest absolute Gasteiger partial charge is 0.146 e. The lowest BCUT2D eigenvalue weighted by Crippen LogP contribution is -1.88. The second-order valence-electron chi connectivity index (χ2n) is 3.58. The van der Waals surface area contributed by atoms with Gasteiger partial charge in [-0.25, -0.2) is 0 Å². The van der Waals surface area contributed by atoms with Crippen molar-refractivity contribution in [2.24, 2.45) is 0 Å². The number of ether oxygens (including phenoxy) is 1. The highest BCUT2D eigenvalue weighted by molar-refractivity contribution is 9.10. The largest absolute Gasteiger partial charge is 0.455 e. The van der Waals surface area contributed by atoms with Gasteiger partial charge in [-0.1, -0.05) is 45.2 Å². The Hall–Kier alpha value is -0.220. The molecule has 0 fully saturated rings. The van der Waals surface area contributed by atoms with Gasteiger partial charge in [0.1, 0.15) is 11.5 Å². The van der Waals surface area contributed by atoms with Gasteiger partial charge in [0.2, 0.25) is 0 Å². The van der Waals surface area contributed by atoms with E-state index in [9.17, 15) is 0 Å². The van der Waals surface area contributed by atoms with Crippen molar-refractivity contribution in [1.29, 1.82) is 0 Å². The minimum absolute atomic E-state index is 0.485. The van der Waals surface area contributed by atoms with E-state index < -0.39 is 0 Å². The van der Waals surface area contributed by atoms with Gasteiger partial charge in [-0.15, -0.1) is 0 Å². The molecule has 0 N–H and O–H groups in total. The van der Waals surface area contributed by atoms with E-state index in [0.717, 1.165) is 15.4 Å². The molecule has 0 aliphatic heterocycles. The molecule has 2 rings (SSSR count). The maximum atomic E-state index is 6.06. The molecule has 94 valence electrons. The van der Waals surface area contributed by atoms with E-state index in [4.69, 9.17) is 27.9 Å². The molecule has 0 bridgehead atoms. The van der Waals surface area contributed by atoms with Crippen molar-refractivity contribution in [3.63, 3.8) is 0 Å². The Kier molecular flexibility index (Phi) is 4.96. The van der Waals surface area contributed by atoms with Crippen LogP contribution >= 0.6 is 55.1 Å². The summed E-state index contributed by atoms with van der Waals surface area (Å²) in [4.78, 5) is 0. The number of hydrogen-bond donors (Lipinski definition) is 0. The maximum Gasteiger partial charge on any atom is 0.146 e. The lowest BCUT2D eigenvalue weighted by Gasteiger charge is -2.10. The second kappa shape index (κ2) is 6.29. The third kappa shape index (κ3) is 3.41. The SMILES string of the molecule is Clc1ccc(Oc2ccc(CBr)cc2Br)c(Cl)c1. The molecule has 0 radical (unpaired) electrons. The van der Waals surface area contributed by atoms with Gasteiger partial charge in [0.05, 0.1) is 9.50 Å². The van der Waals surface area contributed by atoms with Gasteiger partial charge >= 0.3 is 0 Å². The quantitative estimate of drug-likeness (QED) is 0.529. The Bertz CT molecular complexity index is 573. The predicted octanol–water partition coefficient (Wildman–Crippen LogP) is 6.44. The van der Waals surface area contributed by atoms with E-state index in [0.29, 0.717) is 21.5 Å². The van der Waals surface area contributed by atoms with E-state index in [1.54, 1.807) is 18.2 Å². The van der Waals surface area contributed by atoms with Gasteiger partial charge in [-0.05, 0) is 51.8 Å². The predicted molar refractivity (Wildman–Crippen MR) is 83.3 cm³/mol. The van der Waals surface area contributed by atoms with E-state index in [1.807, 2.05) is 18.2 Å². The van der Waals surface area contributed by atoms with Crippen LogP contribution in [0.4, 0.5) is 0 Å². The molecule has 0 atom stereocenters. The Labute approximate surface area is 132 Å². The van der Waals surface area contributed by atoms with E-state index in [1.165, 1.54) is 0 Å². The van der Waals surface area contributed by atoms with Gasteiger partial charge in [0.15, 0.2) is 0 Å². The molecule has 0 spiro atoms. The Morgan fingerprint density at radius 3 is 2.33 bits per heavy atom. The molecule has 2 aromatic rings. The molecular weight excluding hydrogens is 403 g/mol. The fourth-order valence-corrected chi connectivity index (χ4v) is 2.69. The van der Waals surface area contributed by atoms with Gasteiger partial charge in [0.25, 0.3) is 0 Å². The number of benzene rings is 2. The number of halogens is 4. The molecule has 18 heavy (non-hydrogen) atoms. The zero-order valence-corrected chi connectivity index (χ0v) is 13.8. The van der Waals surface area contributed by atoms with Crippen LogP contribution in [0.5, 0.6) is 11.5 Å². The van der Waals surface area contributed by atoms with Crippen LogP contribution in [0, 0.1) is 0 Å². The van der Waals surface area contributed by atoms with Crippen LogP contribution in [0.3, 0.4) is 0 Å². The third-order valence-electron chi connectivity index (χ3n) is 2.26. The fourth-order valence-electron chi connectivity index (χ4n) is 1.39. The number of hydrogen-bond acceptors (Lipinski definition) is 1. The van der Waals surface area contributed by atoms with Crippen LogP contribution in [-0.2, 0) is 5.33 Å². The van der Waals surface area contributed by atoms with Gasteiger partial charge in [-0.3, -0.25) is 0 Å². The number of alkyl halides is 1. The Morgan fingerprint density at radius 1 is 1.00 bits per heavy atom. The molecule has 5 heteroatoms. The molecule has 1 nitrogen and oxygen atoms in total. The first-order valence-corrected chi connectivity index (χ1v) is 7.74. The Balaban J connectivity index is 2.28. The van der Waals surface area contributed by atoms with Crippen molar-refractivity contribution in [2.75, 3.05) is 0 Å². The summed E-state index contributed by atoms with van der Waals surface area (Å²) < 4.78 is 6.62. The summed E-state index contributed by atoms with van der Waals surface area (Å²) in [5.41, 5.74) is 1.16. The van der Waals surface area contributed by atoms with E-state index in [2.05, 4.69) is 31.9 Å². The first kappa shape index (κ1) is 14.2. The zero-order chi connectivity index (χ0) is 13.1. The van der Waals surface area contributed by atoms with Crippen molar-refractivity contribution >= 4 is 55.1 Å². The zero-order valence-electron chi connectivity index (χ0n) is 9.09. The van der Waals surface area contributed by atoms with Crippen molar-refractivity contribution in [1.82, 2.24) is 0 Å². The van der Waals surface area contributed by atoms with Gasteiger partial charge in [-0.2, -0.15) is 0 Å². The minimum atomic E-state index is 0.485. The summed E-state index contributed by atoms with van der Waals surface area (Å²) in [5, 5.41) is 1.87. The molecule has 0 saturated heterocycles. The highest BCUT2D eigenvalue weighted by Crippen LogP contribution is 2.35. The molecular formula is C13H8Br2Cl2O. The van der Waals surface area contributed by atoms with Crippen LogP contribution in [0.25, 0.3) is 0 Å². The highest BCUT2D eigenvalue weighted by atomic mass is 79.9. The lowest BCUT2D eigenvalue weighted by atomic mass is 10.2. The maximum absolute atomic E-state index is 6.06. The molecule has 0 saturated carbocycles. The standard InChI is InChI=1S/C13H8Br2Cl2O/c14-7-8-1-3-12(10(15)5-8)18-13-4-2-9(16)6-11(13)17/h1-6H,7H2. The molecule has 0 aromatic heterocycles. The van der Waals surface area contributed by atoms with Crippen LogP contribution in [-0.4, -0.2) is 0 Å². The average Bonchev–Trinajstić information content (AvgIpc) is 2.34. The molecule has 0 heterocycles. The molecule has 0 unspecified atom stereocenters. The first-order chi connectivity index (χ1) is 8.60. The topological polar surface area (TPSA) is 9.23 Å². The van der Waals surface area contributed by atoms with Crippen molar-refractivity contribution < 1.29 is 4.74 Å². The van der Waals surface area contributed by atoms with Crippen molar-refractivity contribution in [3.05, 3.63) is 56.5 Å². The summed E-state index contributed by atoms with van der Waals surface area (Å²) in [6.07, 6.45) is 0. The van der Waals surface area contributed by atoms with E-state index >= 15 is 0 Å². The summed E-state index contributed by atoms with van der Waals surface area (Å²) in [6, 6.07) is 11.0. The summed E-state index contributed by atoms with van der Waals surface area (Å²) in [6.45, 7) is 0. The van der Waals surface area contributed by atoms with Crippen LogP contribution in [0.2, 0.25) is 10.0 Å². The lowest BCUT2D eigenvalue weighted by molar-refractivity contribution is 0.480. The molecule has 0 aliphatic rings.